The van der Waals surface area contributed by atoms with E-state index < -0.39 is 0 Å². The Kier molecular flexibility index (Phi) is 4.88. The van der Waals surface area contributed by atoms with E-state index in [-0.39, 0.29) is 11.9 Å². The summed E-state index contributed by atoms with van der Waals surface area (Å²) in [5, 5.41) is 12.9. The number of para-hydroxylation sites is 1. The van der Waals surface area contributed by atoms with Gasteiger partial charge in [0, 0.05) is 17.0 Å². The summed E-state index contributed by atoms with van der Waals surface area (Å²) in [4.78, 5) is 9.41. The molecule has 0 saturated heterocycles. The number of aromatic nitrogens is 4. The first kappa shape index (κ1) is 18.9. The van der Waals surface area contributed by atoms with Gasteiger partial charge < -0.3 is 9.73 Å². The lowest BCUT2D eigenvalue weighted by molar-refractivity contribution is 0.579. The molecule has 0 amide bonds. The molecule has 0 radical (unpaired) electrons. The number of hydrogen-bond acceptors (Lipinski definition) is 6. The van der Waals surface area contributed by atoms with Crippen LogP contribution in [0.5, 0.6) is 0 Å². The minimum absolute atomic E-state index is 0.0675. The van der Waals surface area contributed by atoms with Gasteiger partial charge in [0.2, 0.25) is 11.7 Å². The zero-order valence-corrected chi connectivity index (χ0v) is 17.3. The van der Waals surface area contributed by atoms with Crippen molar-refractivity contribution in [2.45, 2.75) is 19.9 Å². The summed E-state index contributed by atoms with van der Waals surface area (Å²) in [6, 6.07) is 26.2. The van der Waals surface area contributed by atoms with E-state index in [1.807, 2.05) is 73.7 Å². The van der Waals surface area contributed by atoms with Crippen molar-refractivity contribution in [3.63, 3.8) is 0 Å². The van der Waals surface area contributed by atoms with Crippen LogP contribution in [0.1, 0.15) is 24.1 Å². The molecule has 0 saturated carbocycles. The monoisotopic (exact) mass is 407 g/mol. The van der Waals surface area contributed by atoms with Gasteiger partial charge in [-0.1, -0.05) is 60.2 Å². The number of aryl methyl sites for hydroxylation is 1. The molecular formula is C25H21N5O. The van der Waals surface area contributed by atoms with Crippen LogP contribution in [0.3, 0.4) is 0 Å². The van der Waals surface area contributed by atoms with Crippen LogP contribution in [0.2, 0.25) is 0 Å². The van der Waals surface area contributed by atoms with Crippen LogP contribution in [0.4, 0.5) is 5.82 Å². The summed E-state index contributed by atoms with van der Waals surface area (Å²) in [6.45, 7) is 4.13. The molecule has 0 bridgehead atoms. The smallest absolute Gasteiger partial charge is 0.286 e. The van der Waals surface area contributed by atoms with E-state index in [1.165, 1.54) is 5.56 Å². The standard InChI is InChI=1S/C25H21N5O/c1-16-9-8-12-19(15-16)24-29-30-25(31-24)23-27-21-14-7-6-13-20(21)22(28-23)26-17(2)18-10-4-3-5-11-18/h3-15,17H,1-2H3,(H,26,27,28). The number of anilines is 1. The van der Waals surface area contributed by atoms with Gasteiger partial charge in [-0.15, -0.1) is 10.2 Å². The second kappa shape index (κ2) is 7.99. The number of rotatable bonds is 5. The highest BCUT2D eigenvalue weighted by atomic mass is 16.4. The third-order valence-electron chi connectivity index (χ3n) is 5.14. The Hall–Kier alpha value is -4.06. The second-order valence-corrected chi connectivity index (χ2v) is 7.47. The molecule has 5 aromatic rings. The molecule has 3 aromatic carbocycles. The highest BCUT2D eigenvalue weighted by molar-refractivity contribution is 5.90. The van der Waals surface area contributed by atoms with Crippen molar-refractivity contribution in [3.05, 3.63) is 90.0 Å². The number of fused-ring (bicyclic) bond motifs is 1. The molecule has 2 aromatic heterocycles. The Morgan fingerprint density at radius 3 is 2.42 bits per heavy atom. The molecule has 1 atom stereocenters. The van der Waals surface area contributed by atoms with E-state index >= 15 is 0 Å². The quantitative estimate of drug-likeness (QED) is 0.395. The topological polar surface area (TPSA) is 76.7 Å². The van der Waals surface area contributed by atoms with Crippen LogP contribution in [0.15, 0.2) is 83.3 Å². The van der Waals surface area contributed by atoms with E-state index in [4.69, 9.17) is 9.40 Å². The van der Waals surface area contributed by atoms with Gasteiger partial charge in [-0.3, -0.25) is 0 Å². The first-order valence-corrected chi connectivity index (χ1v) is 10.2. The van der Waals surface area contributed by atoms with E-state index in [0.29, 0.717) is 11.7 Å². The lowest BCUT2D eigenvalue weighted by atomic mass is 10.1. The molecule has 6 nitrogen and oxygen atoms in total. The molecule has 0 fully saturated rings. The molecule has 0 aliphatic carbocycles. The summed E-state index contributed by atoms with van der Waals surface area (Å²) < 4.78 is 5.93. The molecule has 6 heteroatoms. The molecular weight excluding hydrogens is 386 g/mol. The SMILES string of the molecule is Cc1cccc(-c2nnc(-c3nc(NC(C)c4ccccc4)c4ccccc4n3)o2)c1. The van der Waals surface area contributed by atoms with Gasteiger partial charge in [-0.25, -0.2) is 9.97 Å². The summed E-state index contributed by atoms with van der Waals surface area (Å²) in [6.07, 6.45) is 0. The molecule has 1 unspecified atom stereocenters. The summed E-state index contributed by atoms with van der Waals surface area (Å²) in [7, 11) is 0. The van der Waals surface area contributed by atoms with Crippen LogP contribution in [-0.4, -0.2) is 20.2 Å². The molecule has 5 rings (SSSR count). The Morgan fingerprint density at radius 2 is 1.58 bits per heavy atom. The largest absolute Gasteiger partial charge is 0.413 e. The summed E-state index contributed by atoms with van der Waals surface area (Å²) >= 11 is 0. The minimum Gasteiger partial charge on any atom is -0.413 e. The Bertz CT molecular complexity index is 1350. The fourth-order valence-electron chi connectivity index (χ4n) is 3.52. The van der Waals surface area contributed by atoms with Gasteiger partial charge in [0.05, 0.1) is 5.52 Å². The maximum absolute atomic E-state index is 5.93. The second-order valence-electron chi connectivity index (χ2n) is 7.47. The van der Waals surface area contributed by atoms with E-state index in [1.54, 1.807) is 0 Å². The van der Waals surface area contributed by atoms with E-state index in [9.17, 15) is 0 Å². The van der Waals surface area contributed by atoms with Gasteiger partial charge >= 0.3 is 0 Å². The minimum atomic E-state index is 0.0675. The normalized spacial score (nSPS) is 12.1. The van der Waals surface area contributed by atoms with Gasteiger partial charge in [0.15, 0.2) is 0 Å². The lowest BCUT2D eigenvalue weighted by Crippen LogP contribution is -2.09. The van der Waals surface area contributed by atoms with Crippen molar-refractivity contribution in [3.8, 4) is 23.2 Å². The molecule has 31 heavy (non-hydrogen) atoms. The average Bonchev–Trinajstić information content (AvgIpc) is 3.30. The number of nitrogens with one attached hydrogen (secondary N) is 1. The number of hydrogen-bond donors (Lipinski definition) is 1. The third-order valence-corrected chi connectivity index (χ3v) is 5.14. The Morgan fingerprint density at radius 1 is 0.806 bits per heavy atom. The zero-order valence-electron chi connectivity index (χ0n) is 17.3. The van der Waals surface area contributed by atoms with Gasteiger partial charge in [0.25, 0.3) is 5.89 Å². The van der Waals surface area contributed by atoms with E-state index in [2.05, 4.69) is 39.6 Å². The molecule has 0 aliphatic heterocycles. The average molecular weight is 407 g/mol. The highest BCUT2D eigenvalue weighted by Gasteiger charge is 2.17. The Labute approximate surface area is 180 Å². The maximum Gasteiger partial charge on any atom is 0.286 e. The summed E-state index contributed by atoms with van der Waals surface area (Å²) in [5.41, 5.74) is 3.98. The number of benzene rings is 3. The first-order valence-electron chi connectivity index (χ1n) is 10.2. The zero-order chi connectivity index (χ0) is 21.2. The van der Waals surface area contributed by atoms with Gasteiger partial charge in [-0.2, -0.15) is 0 Å². The number of nitrogens with zero attached hydrogens (tertiary/aromatic N) is 4. The summed E-state index contributed by atoms with van der Waals surface area (Å²) in [5.74, 6) is 1.86. The van der Waals surface area contributed by atoms with Crippen LogP contribution < -0.4 is 5.32 Å². The van der Waals surface area contributed by atoms with Crippen LogP contribution in [0.25, 0.3) is 34.1 Å². The molecule has 1 N–H and O–H groups in total. The molecule has 0 spiro atoms. The lowest BCUT2D eigenvalue weighted by Gasteiger charge is -2.16. The van der Waals surface area contributed by atoms with Crippen LogP contribution in [-0.2, 0) is 0 Å². The van der Waals surface area contributed by atoms with Crippen molar-refractivity contribution < 1.29 is 4.42 Å². The van der Waals surface area contributed by atoms with Crippen molar-refractivity contribution in [2.24, 2.45) is 0 Å². The van der Waals surface area contributed by atoms with Crippen molar-refractivity contribution in [2.75, 3.05) is 5.32 Å². The fraction of sp³-hybridized carbons (Fsp3) is 0.120. The first-order chi connectivity index (χ1) is 15.2. The molecule has 0 aliphatic rings. The van der Waals surface area contributed by atoms with Crippen molar-refractivity contribution >= 4 is 16.7 Å². The van der Waals surface area contributed by atoms with Gasteiger partial charge in [0.1, 0.15) is 5.82 Å². The third kappa shape index (κ3) is 3.88. The highest BCUT2D eigenvalue weighted by Crippen LogP contribution is 2.29. The van der Waals surface area contributed by atoms with Crippen molar-refractivity contribution in [1.82, 2.24) is 20.2 Å². The Balaban J connectivity index is 1.54. The van der Waals surface area contributed by atoms with Crippen LogP contribution in [0, 0.1) is 6.92 Å². The van der Waals surface area contributed by atoms with Crippen molar-refractivity contribution in [1.29, 1.82) is 0 Å². The molecule has 152 valence electrons. The van der Waals surface area contributed by atoms with Crippen LogP contribution >= 0.6 is 0 Å². The van der Waals surface area contributed by atoms with E-state index in [0.717, 1.165) is 27.8 Å². The van der Waals surface area contributed by atoms with Gasteiger partial charge in [-0.05, 0) is 43.7 Å². The molecule has 2 heterocycles. The maximum atomic E-state index is 5.93. The predicted octanol–water partition coefficient (Wildman–Crippen LogP) is 5.83. The predicted molar refractivity (Wildman–Crippen MR) is 121 cm³/mol. The fourth-order valence-corrected chi connectivity index (χ4v) is 3.52.